The summed E-state index contributed by atoms with van der Waals surface area (Å²) in [6.45, 7) is 2.99. The van der Waals surface area contributed by atoms with Crippen LogP contribution >= 0.6 is 0 Å². The molecule has 0 aromatic heterocycles. The van der Waals surface area contributed by atoms with Gasteiger partial charge in [0.25, 0.3) is 0 Å². The maximum Gasteiger partial charge on any atom is 0.122 e. The van der Waals surface area contributed by atoms with Gasteiger partial charge in [0, 0.05) is 13.1 Å². The van der Waals surface area contributed by atoms with Crippen LogP contribution in [-0.2, 0) is 19.4 Å². The number of aryl methyl sites for hydroxylation is 1. The Kier molecular flexibility index (Phi) is 5.12. The standard InChI is InChI=1S/C20H25NO/c1-21-14-13-19-18(16-21)11-7-12-20(19)22-15-6-5-10-17-8-3-2-4-9-17/h2-4,7-9,11-12H,5-6,10,13-16H2,1H3. The number of ether oxygens (including phenoxy) is 1. The Hall–Kier alpha value is -1.80. The van der Waals surface area contributed by atoms with E-state index < -0.39 is 0 Å². The molecule has 0 saturated carbocycles. The average Bonchev–Trinajstić information content (AvgIpc) is 2.55. The molecule has 0 aliphatic carbocycles. The largest absolute Gasteiger partial charge is 0.493 e. The molecule has 1 aliphatic heterocycles. The predicted molar refractivity (Wildman–Crippen MR) is 91.4 cm³/mol. The highest BCUT2D eigenvalue weighted by Crippen LogP contribution is 2.27. The van der Waals surface area contributed by atoms with Gasteiger partial charge < -0.3 is 9.64 Å². The summed E-state index contributed by atoms with van der Waals surface area (Å²) >= 11 is 0. The van der Waals surface area contributed by atoms with Crippen LogP contribution in [0.3, 0.4) is 0 Å². The Morgan fingerprint density at radius 3 is 2.73 bits per heavy atom. The van der Waals surface area contributed by atoms with E-state index in [0.717, 1.165) is 44.7 Å². The smallest absolute Gasteiger partial charge is 0.122 e. The first kappa shape index (κ1) is 15.1. The van der Waals surface area contributed by atoms with Gasteiger partial charge in [0.2, 0.25) is 0 Å². The maximum absolute atomic E-state index is 6.06. The first-order valence-corrected chi connectivity index (χ1v) is 8.29. The summed E-state index contributed by atoms with van der Waals surface area (Å²) in [6, 6.07) is 17.2. The van der Waals surface area contributed by atoms with Crippen molar-refractivity contribution in [2.75, 3.05) is 20.2 Å². The topological polar surface area (TPSA) is 12.5 Å². The highest BCUT2D eigenvalue weighted by Gasteiger charge is 2.16. The molecule has 1 heterocycles. The Morgan fingerprint density at radius 2 is 1.86 bits per heavy atom. The molecule has 22 heavy (non-hydrogen) atoms. The van der Waals surface area contributed by atoms with Gasteiger partial charge >= 0.3 is 0 Å². The number of benzene rings is 2. The molecule has 2 nitrogen and oxygen atoms in total. The van der Waals surface area contributed by atoms with E-state index in [2.05, 4.69) is 60.5 Å². The Labute approximate surface area is 133 Å². The molecule has 0 amide bonds. The number of hydrogen-bond donors (Lipinski definition) is 0. The molecule has 2 aromatic rings. The van der Waals surface area contributed by atoms with Crippen LogP contribution in [0.15, 0.2) is 48.5 Å². The van der Waals surface area contributed by atoms with Crippen LogP contribution in [0.1, 0.15) is 29.5 Å². The molecule has 0 fully saturated rings. The maximum atomic E-state index is 6.06. The van der Waals surface area contributed by atoms with Gasteiger partial charge in [0.15, 0.2) is 0 Å². The average molecular weight is 295 g/mol. The molecule has 0 spiro atoms. The zero-order valence-corrected chi connectivity index (χ0v) is 13.4. The minimum absolute atomic E-state index is 0.819. The highest BCUT2D eigenvalue weighted by atomic mass is 16.5. The quantitative estimate of drug-likeness (QED) is 0.745. The summed E-state index contributed by atoms with van der Waals surface area (Å²) in [4.78, 5) is 2.37. The van der Waals surface area contributed by atoms with Crippen molar-refractivity contribution in [3.63, 3.8) is 0 Å². The van der Waals surface area contributed by atoms with Crippen molar-refractivity contribution in [2.24, 2.45) is 0 Å². The lowest BCUT2D eigenvalue weighted by Gasteiger charge is -2.26. The van der Waals surface area contributed by atoms with Gasteiger partial charge in [0.1, 0.15) is 5.75 Å². The van der Waals surface area contributed by atoms with Crippen molar-refractivity contribution < 1.29 is 4.74 Å². The molecule has 0 unspecified atom stereocenters. The first-order valence-electron chi connectivity index (χ1n) is 8.29. The number of unbranched alkanes of at least 4 members (excludes halogenated alkanes) is 1. The molecule has 2 aromatic carbocycles. The van der Waals surface area contributed by atoms with E-state index in [-0.39, 0.29) is 0 Å². The molecular weight excluding hydrogens is 270 g/mol. The second-order valence-corrected chi connectivity index (χ2v) is 6.17. The molecule has 116 valence electrons. The van der Waals surface area contributed by atoms with Gasteiger partial charge in [-0.2, -0.15) is 0 Å². The SMILES string of the molecule is CN1CCc2c(cccc2OCCCCc2ccccc2)C1. The summed E-state index contributed by atoms with van der Waals surface area (Å²) < 4.78 is 6.06. The van der Waals surface area contributed by atoms with Gasteiger partial charge in [-0.25, -0.2) is 0 Å². The van der Waals surface area contributed by atoms with E-state index in [4.69, 9.17) is 4.74 Å². The van der Waals surface area contributed by atoms with Crippen LogP contribution in [0.2, 0.25) is 0 Å². The minimum Gasteiger partial charge on any atom is -0.493 e. The van der Waals surface area contributed by atoms with Crippen molar-refractivity contribution >= 4 is 0 Å². The Bertz CT molecular complexity index is 594. The second-order valence-electron chi connectivity index (χ2n) is 6.17. The lowest BCUT2D eigenvalue weighted by Crippen LogP contribution is -2.26. The van der Waals surface area contributed by atoms with E-state index in [9.17, 15) is 0 Å². The van der Waals surface area contributed by atoms with E-state index in [0.29, 0.717) is 0 Å². The van der Waals surface area contributed by atoms with Crippen LogP contribution in [-0.4, -0.2) is 25.1 Å². The summed E-state index contributed by atoms with van der Waals surface area (Å²) in [7, 11) is 2.18. The molecule has 0 atom stereocenters. The Morgan fingerprint density at radius 1 is 1.00 bits per heavy atom. The summed E-state index contributed by atoms with van der Waals surface area (Å²) in [5.41, 5.74) is 4.27. The number of hydrogen-bond acceptors (Lipinski definition) is 2. The fourth-order valence-electron chi connectivity index (χ4n) is 3.11. The van der Waals surface area contributed by atoms with Crippen LogP contribution in [0.4, 0.5) is 0 Å². The summed E-state index contributed by atoms with van der Waals surface area (Å²) in [5, 5.41) is 0. The molecular formula is C20H25NO. The number of likely N-dealkylation sites (N-methyl/N-ethyl adjacent to an activating group) is 1. The van der Waals surface area contributed by atoms with E-state index in [1.54, 1.807) is 0 Å². The number of nitrogens with zero attached hydrogens (tertiary/aromatic N) is 1. The number of fused-ring (bicyclic) bond motifs is 1. The van der Waals surface area contributed by atoms with Crippen molar-refractivity contribution in [3.05, 3.63) is 65.2 Å². The molecule has 0 saturated heterocycles. The normalized spacial score (nSPS) is 14.6. The van der Waals surface area contributed by atoms with Gasteiger partial charge in [-0.15, -0.1) is 0 Å². The first-order chi connectivity index (χ1) is 10.8. The fourth-order valence-corrected chi connectivity index (χ4v) is 3.11. The van der Waals surface area contributed by atoms with Gasteiger partial charge in [-0.1, -0.05) is 42.5 Å². The fraction of sp³-hybridized carbons (Fsp3) is 0.400. The van der Waals surface area contributed by atoms with Gasteiger partial charge in [0.05, 0.1) is 6.61 Å². The van der Waals surface area contributed by atoms with E-state index in [1.165, 1.54) is 23.1 Å². The minimum atomic E-state index is 0.819. The summed E-state index contributed by atoms with van der Waals surface area (Å²) in [6.07, 6.45) is 4.54. The third-order valence-corrected chi connectivity index (χ3v) is 4.37. The lowest BCUT2D eigenvalue weighted by molar-refractivity contribution is 0.284. The molecule has 0 bridgehead atoms. The predicted octanol–water partition coefficient (Wildman–Crippen LogP) is 4.08. The van der Waals surface area contributed by atoms with Crippen LogP contribution < -0.4 is 4.74 Å². The zero-order valence-electron chi connectivity index (χ0n) is 13.4. The number of rotatable bonds is 6. The molecule has 0 N–H and O–H groups in total. The monoisotopic (exact) mass is 295 g/mol. The van der Waals surface area contributed by atoms with Gasteiger partial charge in [-0.3, -0.25) is 0 Å². The summed E-state index contributed by atoms with van der Waals surface area (Å²) in [5.74, 6) is 1.10. The third-order valence-electron chi connectivity index (χ3n) is 4.37. The lowest BCUT2D eigenvalue weighted by atomic mass is 9.99. The molecule has 2 heteroatoms. The van der Waals surface area contributed by atoms with Crippen molar-refractivity contribution in [1.82, 2.24) is 4.90 Å². The van der Waals surface area contributed by atoms with E-state index >= 15 is 0 Å². The molecule has 0 radical (unpaired) electrons. The van der Waals surface area contributed by atoms with E-state index in [1.807, 2.05) is 0 Å². The zero-order chi connectivity index (χ0) is 15.2. The molecule has 1 aliphatic rings. The van der Waals surface area contributed by atoms with Crippen molar-refractivity contribution in [3.8, 4) is 5.75 Å². The van der Waals surface area contributed by atoms with Gasteiger partial charge in [-0.05, 0) is 55.5 Å². The van der Waals surface area contributed by atoms with Crippen LogP contribution in [0, 0.1) is 0 Å². The highest BCUT2D eigenvalue weighted by molar-refractivity contribution is 5.41. The second kappa shape index (κ2) is 7.46. The van der Waals surface area contributed by atoms with Crippen molar-refractivity contribution in [1.29, 1.82) is 0 Å². The van der Waals surface area contributed by atoms with Crippen LogP contribution in [0.5, 0.6) is 5.75 Å². The Balaban J connectivity index is 1.47. The third kappa shape index (κ3) is 3.89. The molecule has 3 rings (SSSR count). The van der Waals surface area contributed by atoms with Crippen LogP contribution in [0.25, 0.3) is 0 Å². The van der Waals surface area contributed by atoms with Crippen molar-refractivity contribution in [2.45, 2.75) is 32.2 Å².